The topological polar surface area (TPSA) is 12.0 Å². The molecule has 0 aliphatic heterocycles. The molecule has 0 aliphatic carbocycles. The van der Waals surface area contributed by atoms with Crippen LogP contribution in [0.4, 0.5) is 10.1 Å². The van der Waals surface area contributed by atoms with Gasteiger partial charge in [0.15, 0.2) is 0 Å². The van der Waals surface area contributed by atoms with E-state index in [0.29, 0.717) is 6.04 Å². The molecule has 1 N–H and O–H groups in total. The zero-order chi connectivity index (χ0) is 12.0. The Balaban J connectivity index is 2.68. The molecule has 0 atom stereocenters. The minimum Gasteiger partial charge on any atom is -0.382 e. The van der Waals surface area contributed by atoms with Crippen LogP contribution >= 0.6 is 0 Å². The molecular formula is C14H22FN. The fourth-order valence-corrected chi connectivity index (χ4v) is 1.99. The van der Waals surface area contributed by atoms with E-state index in [1.54, 1.807) is 6.07 Å². The van der Waals surface area contributed by atoms with Crippen molar-refractivity contribution in [2.45, 2.75) is 52.5 Å². The van der Waals surface area contributed by atoms with Crippen LogP contribution in [-0.2, 0) is 0 Å². The Hall–Kier alpha value is -1.05. The van der Waals surface area contributed by atoms with E-state index in [0.717, 1.165) is 11.3 Å². The third-order valence-corrected chi connectivity index (χ3v) is 2.82. The molecule has 1 nitrogen and oxygen atoms in total. The molecule has 0 radical (unpaired) electrons. The molecule has 0 bridgehead atoms. The van der Waals surface area contributed by atoms with Crippen molar-refractivity contribution in [3.63, 3.8) is 0 Å². The molecule has 0 aromatic heterocycles. The van der Waals surface area contributed by atoms with Crippen LogP contribution < -0.4 is 5.32 Å². The minimum absolute atomic E-state index is 0.161. The molecular weight excluding hydrogens is 201 g/mol. The second kappa shape index (κ2) is 6.51. The lowest BCUT2D eigenvalue weighted by Crippen LogP contribution is -2.19. The number of halogens is 1. The first-order chi connectivity index (χ1) is 7.67. The second-order valence-electron chi connectivity index (χ2n) is 4.38. The van der Waals surface area contributed by atoms with Gasteiger partial charge in [0, 0.05) is 11.7 Å². The van der Waals surface area contributed by atoms with E-state index >= 15 is 0 Å². The molecule has 0 unspecified atom stereocenters. The first-order valence-electron chi connectivity index (χ1n) is 6.20. The molecule has 0 heterocycles. The molecule has 0 amide bonds. The Bertz CT molecular complexity index is 317. The van der Waals surface area contributed by atoms with E-state index in [1.807, 2.05) is 13.0 Å². The summed E-state index contributed by atoms with van der Waals surface area (Å²) in [7, 11) is 0. The van der Waals surface area contributed by atoms with Gasteiger partial charge in [-0.2, -0.15) is 0 Å². The highest BCUT2D eigenvalue weighted by molar-refractivity contribution is 5.51. The number of anilines is 1. The van der Waals surface area contributed by atoms with Crippen LogP contribution in [0, 0.1) is 12.7 Å². The van der Waals surface area contributed by atoms with E-state index in [9.17, 15) is 4.39 Å². The molecule has 1 aromatic carbocycles. The molecule has 2 heteroatoms. The molecule has 0 spiro atoms. The van der Waals surface area contributed by atoms with Crippen LogP contribution in [0.3, 0.4) is 0 Å². The minimum atomic E-state index is -0.161. The highest BCUT2D eigenvalue weighted by Crippen LogP contribution is 2.19. The molecule has 0 aliphatic rings. The van der Waals surface area contributed by atoms with Crippen LogP contribution in [0.15, 0.2) is 18.2 Å². The monoisotopic (exact) mass is 223 g/mol. The Morgan fingerprint density at radius 1 is 1.19 bits per heavy atom. The van der Waals surface area contributed by atoms with Crippen LogP contribution in [0.5, 0.6) is 0 Å². The molecule has 0 saturated heterocycles. The van der Waals surface area contributed by atoms with Gasteiger partial charge in [0.2, 0.25) is 0 Å². The number of hydrogen-bond donors (Lipinski definition) is 1. The summed E-state index contributed by atoms with van der Waals surface area (Å²) >= 11 is 0. The standard InChI is InChI=1S/C14H22FN/c1-4-6-13(7-5-2)16-14-9-8-12(15)10-11(14)3/h8-10,13,16H,4-7H2,1-3H3. The summed E-state index contributed by atoms with van der Waals surface area (Å²) in [5, 5.41) is 3.51. The summed E-state index contributed by atoms with van der Waals surface area (Å²) in [6, 6.07) is 5.45. The van der Waals surface area contributed by atoms with Crippen LogP contribution in [0.2, 0.25) is 0 Å². The summed E-state index contributed by atoms with van der Waals surface area (Å²) < 4.78 is 13.0. The van der Waals surface area contributed by atoms with E-state index in [4.69, 9.17) is 0 Å². The van der Waals surface area contributed by atoms with Gasteiger partial charge in [0.1, 0.15) is 5.82 Å². The van der Waals surface area contributed by atoms with Crippen molar-refractivity contribution in [3.05, 3.63) is 29.6 Å². The highest BCUT2D eigenvalue weighted by atomic mass is 19.1. The van der Waals surface area contributed by atoms with Gasteiger partial charge in [-0.1, -0.05) is 26.7 Å². The third-order valence-electron chi connectivity index (χ3n) is 2.82. The summed E-state index contributed by atoms with van der Waals surface area (Å²) in [6.07, 6.45) is 4.70. The number of hydrogen-bond acceptors (Lipinski definition) is 1. The predicted molar refractivity (Wildman–Crippen MR) is 68.4 cm³/mol. The highest BCUT2D eigenvalue weighted by Gasteiger charge is 2.08. The van der Waals surface area contributed by atoms with Crippen molar-refractivity contribution in [1.82, 2.24) is 0 Å². The van der Waals surface area contributed by atoms with E-state index < -0.39 is 0 Å². The Kier molecular flexibility index (Phi) is 5.30. The van der Waals surface area contributed by atoms with Gasteiger partial charge in [-0.05, 0) is 43.5 Å². The van der Waals surface area contributed by atoms with Crippen molar-refractivity contribution >= 4 is 5.69 Å². The maximum Gasteiger partial charge on any atom is 0.123 e. The maximum atomic E-state index is 13.0. The smallest absolute Gasteiger partial charge is 0.123 e. The quantitative estimate of drug-likeness (QED) is 0.748. The molecule has 90 valence electrons. The van der Waals surface area contributed by atoms with E-state index in [1.165, 1.54) is 31.7 Å². The maximum absolute atomic E-state index is 13.0. The van der Waals surface area contributed by atoms with E-state index in [2.05, 4.69) is 19.2 Å². The second-order valence-corrected chi connectivity index (χ2v) is 4.38. The van der Waals surface area contributed by atoms with Gasteiger partial charge in [0.05, 0.1) is 0 Å². The first-order valence-corrected chi connectivity index (χ1v) is 6.20. The molecule has 1 rings (SSSR count). The van der Waals surface area contributed by atoms with Crippen molar-refractivity contribution in [3.8, 4) is 0 Å². The fourth-order valence-electron chi connectivity index (χ4n) is 1.99. The number of aryl methyl sites for hydroxylation is 1. The number of nitrogens with one attached hydrogen (secondary N) is 1. The summed E-state index contributed by atoms with van der Waals surface area (Å²) in [4.78, 5) is 0. The van der Waals surface area contributed by atoms with Gasteiger partial charge < -0.3 is 5.32 Å². The first kappa shape index (κ1) is 13.0. The van der Waals surface area contributed by atoms with Gasteiger partial charge >= 0.3 is 0 Å². The Labute approximate surface area is 98.1 Å². The van der Waals surface area contributed by atoms with Crippen molar-refractivity contribution in [1.29, 1.82) is 0 Å². The summed E-state index contributed by atoms with van der Waals surface area (Å²) in [5.74, 6) is -0.161. The predicted octanol–water partition coefficient (Wildman–Crippen LogP) is 4.51. The lowest BCUT2D eigenvalue weighted by atomic mass is 10.1. The van der Waals surface area contributed by atoms with Crippen molar-refractivity contribution < 1.29 is 4.39 Å². The zero-order valence-corrected chi connectivity index (χ0v) is 10.5. The van der Waals surface area contributed by atoms with Crippen molar-refractivity contribution in [2.24, 2.45) is 0 Å². The zero-order valence-electron chi connectivity index (χ0n) is 10.5. The average molecular weight is 223 g/mol. The number of benzene rings is 1. The Morgan fingerprint density at radius 3 is 2.31 bits per heavy atom. The largest absolute Gasteiger partial charge is 0.382 e. The van der Waals surface area contributed by atoms with Crippen LogP contribution in [-0.4, -0.2) is 6.04 Å². The van der Waals surface area contributed by atoms with Gasteiger partial charge in [-0.25, -0.2) is 4.39 Å². The molecule has 0 saturated carbocycles. The van der Waals surface area contributed by atoms with Gasteiger partial charge in [-0.3, -0.25) is 0 Å². The average Bonchev–Trinajstić information content (AvgIpc) is 2.23. The summed E-state index contributed by atoms with van der Waals surface area (Å²) in [5.41, 5.74) is 2.05. The van der Waals surface area contributed by atoms with Gasteiger partial charge in [-0.15, -0.1) is 0 Å². The lowest BCUT2D eigenvalue weighted by Gasteiger charge is -2.20. The van der Waals surface area contributed by atoms with E-state index in [-0.39, 0.29) is 5.82 Å². The molecule has 0 fully saturated rings. The normalized spacial score (nSPS) is 10.8. The third kappa shape index (κ3) is 3.84. The SMILES string of the molecule is CCCC(CCC)Nc1ccc(F)cc1C. The molecule has 16 heavy (non-hydrogen) atoms. The number of rotatable bonds is 6. The Morgan fingerprint density at radius 2 is 1.81 bits per heavy atom. The summed E-state index contributed by atoms with van der Waals surface area (Å²) in [6.45, 7) is 6.34. The fraction of sp³-hybridized carbons (Fsp3) is 0.571. The lowest BCUT2D eigenvalue weighted by molar-refractivity contribution is 0.585. The van der Waals surface area contributed by atoms with Gasteiger partial charge in [0.25, 0.3) is 0 Å². The van der Waals surface area contributed by atoms with Crippen molar-refractivity contribution in [2.75, 3.05) is 5.32 Å². The van der Waals surface area contributed by atoms with Crippen LogP contribution in [0.1, 0.15) is 45.1 Å². The molecule has 1 aromatic rings. The van der Waals surface area contributed by atoms with Crippen LogP contribution in [0.25, 0.3) is 0 Å².